The summed E-state index contributed by atoms with van der Waals surface area (Å²) in [6.07, 6.45) is 4.99. The molecule has 1 aromatic carbocycles. The molecule has 1 saturated heterocycles. The summed E-state index contributed by atoms with van der Waals surface area (Å²) in [5, 5.41) is 0. The van der Waals surface area contributed by atoms with Crippen molar-refractivity contribution in [2.75, 3.05) is 26.2 Å². The second-order valence-electron chi connectivity index (χ2n) is 6.68. The molecule has 0 bridgehead atoms. The highest BCUT2D eigenvalue weighted by atomic mass is 19.1. The standard InChI is InChI=1S/C20H25FN2O2/c1-22-11-7-17(15-20(22)24)16-8-12-23(13-9-16)10-2-14-25-19-5-3-18(21)4-6-19/h3-7,11,15-16H,2,8-10,12-14H2,1H3. The van der Waals surface area contributed by atoms with Gasteiger partial charge in [0.1, 0.15) is 11.6 Å². The summed E-state index contributed by atoms with van der Waals surface area (Å²) < 4.78 is 20.1. The number of likely N-dealkylation sites (tertiary alicyclic amines) is 1. The lowest BCUT2D eigenvalue weighted by Gasteiger charge is -2.32. The first kappa shape index (κ1) is 17.7. The minimum atomic E-state index is -0.244. The van der Waals surface area contributed by atoms with Crippen molar-refractivity contribution in [2.24, 2.45) is 7.05 Å². The first-order valence-electron chi connectivity index (χ1n) is 8.89. The van der Waals surface area contributed by atoms with Crippen LogP contribution in [-0.2, 0) is 7.05 Å². The molecule has 0 unspecified atom stereocenters. The zero-order valence-electron chi connectivity index (χ0n) is 14.7. The second kappa shape index (κ2) is 8.30. The van der Waals surface area contributed by atoms with E-state index in [0.717, 1.165) is 38.9 Å². The molecule has 1 aliphatic rings. The Bertz CT molecular complexity index is 734. The third kappa shape index (κ3) is 4.92. The fraction of sp³-hybridized carbons (Fsp3) is 0.450. The molecule has 0 spiro atoms. The van der Waals surface area contributed by atoms with Crippen molar-refractivity contribution >= 4 is 0 Å². The Hall–Kier alpha value is -2.14. The topological polar surface area (TPSA) is 34.5 Å². The van der Waals surface area contributed by atoms with E-state index in [1.807, 2.05) is 6.20 Å². The van der Waals surface area contributed by atoms with Crippen molar-refractivity contribution in [3.05, 3.63) is 64.3 Å². The molecule has 2 heterocycles. The number of rotatable bonds is 6. The Labute approximate surface area is 147 Å². The summed E-state index contributed by atoms with van der Waals surface area (Å²) in [5.74, 6) is 0.956. The van der Waals surface area contributed by atoms with Crippen molar-refractivity contribution in [3.63, 3.8) is 0 Å². The van der Waals surface area contributed by atoms with Gasteiger partial charge in [-0.05, 0) is 74.2 Å². The van der Waals surface area contributed by atoms with Crippen LogP contribution in [0.15, 0.2) is 47.4 Å². The molecule has 0 radical (unpaired) electrons. The first-order valence-corrected chi connectivity index (χ1v) is 8.89. The fourth-order valence-electron chi connectivity index (χ4n) is 3.32. The smallest absolute Gasteiger partial charge is 0.250 e. The van der Waals surface area contributed by atoms with Crippen LogP contribution >= 0.6 is 0 Å². The summed E-state index contributed by atoms with van der Waals surface area (Å²) in [7, 11) is 1.78. The van der Waals surface area contributed by atoms with Crippen LogP contribution in [0.25, 0.3) is 0 Å². The molecule has 0 aliphatic carbocycles. The van der Waals surface area contributed by atoms with Gasteiger partial charge < -0.3 is 14.2 Å². The molecular weight excluding hydrogens is 319 g/mol. The first-order chi connectivity index (χ1) is 12.1. The van der Waals surface area contributed by atoms with E-state index in [9.17, 15) is 9.18 Å². The number of piperidine rings is 1. The van der Waals surface area contributed by atoms with Crippen LogP contribution in [0, 0.1) is 5.82 Å². The molecular formula is C20H25FN2O2. The summed E-state index contributed by atoms with van der Waals surface area (Å²) in [4.78, 5) is 14.2. The molecule has 2 aromatic rings. The SMILES string of the molecule is Cn1ccc(C2CCN(CCCOc3ccc(F)cc3)CC2)cc1=O. The number of aryl methyl sites for hydroxylation is 1. The molecule has 5 heteroatoms. The van der Waals surface area contributed by atoms with Crippen LogP contribution in [0.5, 0.6) is 5.75 Å². The van der Waals surface area contributed by atoms with Crippen LogP contribution in [-0.4, -0.2) is 35.7 Å². The van der Waals surface area contributed by atoms with Gasteiger partial charge in [0.25, 0.3) is 5.56 Å². The van der Waals surface area contributed by atoms with Gasteiger partial charge in [-0.25, -0.2) is 4.39 Å². The number of hydrogen-bond acceptors (Lipinski definition) is 3. The van der Waals surface area contributed by atoms with E-state index in [2.05, 4.69) is 11.0 Å². The summed E-state index contributed by atoms with van der Waals surface area (Å²) in [5.41, 5.74) is 1.24. The molecule has 25 heavy (non-hydrogen) atoms. The number of pyridine rings is 1. The predicted octanol–water partition coefficient (Wildman–Crippen LogP) is 3.17. The Kier molecular flexibility index (Phi) is 5.87. The lowest BCUT2D eigenvalue weighted by atomic mass is 9.90. The monoisotopic (exact) mass is 344 g/mol. The average molecular weight is 344 g/mol. The van der Waals surface area contributed by atoms with Gasteiger partial charge in [-0.2, -0.15) is 0 Å². The predicted molar refractivity (Wildman–Crippen MR) is 96.6 cm³/mol. The quantitative estimate of drug-likeness (QED) is 0.755. The van der Waals surface area contributed by atoms with Gasteiger partial charge in [0.05, 0.1) is 6.61 Å². The second-order valence-corrected chi connectivity index (χ2v) is 6.68. The largest absolute Gasteiger partial charge is 0.494 e. The van der Waals surface area contributed by atoms with Crippen LogP contribution < -0.4 is 10.3 Å². The number of nitrogens with zero attached hydrogens (tertiary/aromatic N) is 2. The highest BCUT2D eigenvalue weighted by molar-refractivity contribution is 5.22. The maximum absolute atomic E-state index is 12.8. The lowest BCUT2D eigenvalue weighted by Crippen LogP contribution is -2.34. The van der Waals surface area contributed by atoms with Crippen LogP contribution in [0.1, 0.15) is 30.7 Å². The zero-order valence-corrected chi connectivity index (χ0v) is 14.7. The lowest BCUT2D eigenvalue weighted by molar-refractivity contribution is 0.193. The van der Waals surface area contributed by atoms with E-state index in [0.29, 0.717) is 18.3 Å². The maximum Gasteiger partial charge on any atom is 0.250 e. The van der Waals surface area contributed by atoms with E-state index in [1.165, 1.54) is 17.7 Å². The van der Waals surface area contributed by atoms with Crippen molar-refractivity contribution < 1.29 is 9.13 Å². The van der Waals surface area contributed by atoms with E-state index in [-0.39, 0.29) is 11.4 Å². The minimum absolute atomic E-state index is 0.0675. The van der Waals surface area contributed by atoms with E-state index >= 15 is 0 Å². The number of aromatic nitrogens is 1. The molecule has 134 valence electrons. The Balaban J connectivity index is 1.38. The fourth-order valence-corrected chi connectivity index (χ4v) is 3.32. The van der Waals surface area contributed by atoms with Gasteiger partial charge in [-0.15, -0.1) is 0 Å². The minimum Gasteiger partial charge on any atom is -0.494 e. The number of halogens is 1. The molecule has 1 aliphatic heterocycles. The third-order valence-corrected chi connectivity index (χ3v) is 4.89. The summed E-state index contributed by atoms with van der Waals surface area (Å²) in [6.45, 7) is 3.75. The number of ether oxygens (including phenoxy) is 1. The van der Waals surface area contributed by atoms with Crippen molar-refractivity contribution in [3.8, 4) is 5.75 Å². The van der Waals surface area contributed by atoms with E-state index in [1.54, 1.807) is 29.8 Å². The normalized spacial score (nSPS) is 16.1. The molecule has 0 N–H and O–H groups in total. The van der Waals surface area contributed by atoms with Crippen molar-refractivity contribution in [1.29, 1.82) is 0 Å². The molecule has 1 aromatic heterocycles. The van der Waals surface area contributed by atoms with Gasteiger partial charge in [-0.1, -0.05) is 0 Å². The zero-order chi connectivity index (χ0) is 17.6. The van der Waals surface area contributed by atoms with Crippen LogP contribution in [0.3, 0.4) is 0 Å². The number of hydrogen-bond donors (Lipinski definition) is 0. The highest BCUT2D eigenvalue weighted by Crippen LogP contribution is 2.27. The third-order valence-electron chi connectivity index (χ3n) is 4.89. The Morgan fingerprint density at radius 1 is 1.16 bits per heavy atom. The Morgan fingerprint density at radius 3 is 2.56 bits per heavy atom. The molecule has 3 rings (SSSR count). The maximum atomic E-state index is 12.8. The van der Waals surface area contributed by atoms with Gasteiger partial charge >= 0.3 is 0 Å². The summed E-state index contributed by atoms with van der Waals surface area (Å²) in [6, 6.07) is 9.99. The van der Waals surface area contributed by atoms with Crippen LogP contribution in [0.2, 0.25) is 0 Å². The van der Waals surface area contributed by atoms with E-state index < -0.39 is 0 Å². The molecule has 4 nitrogen and oxygen atoms in total. The molecule has 0 saturated carbocycles. The number of benzene rings is 1. The average Bonchev–Trinajstić information content (AvgIpc) is 2.63. The summed E-state index contributed by atoms with van der Waals surface area (Å²) >= 11 is 0. The highest BCUT2D eigenvalue weighted by Gasteiger charge is 2.20. The van der Waals surface area contributed by atoms with Crippen LogP contribution in [0.4, 0.5) is 4.39 Å². The van der Waals surface area contributed by atoms with Gasteiger partial charge in [0, 0.05) is 25.9 Å². The molecule has 0 atom stereocenters. The van der Waals surface area contributed by atoms with Gasteiger partial charge in [0.15, 0.2) is 0 Å². The van der Waals surface area contributed by atoms with Crippen molar-refractivity contribution in [2.45, 2.75) is 25.2 Å². The molecule has 1 fully saturated rings. The van der Waals surface area contributed by atoms with E-state index in [4.69, 9.17) is 4.74 Å². The van der Waals surface area contributed by atoms with Crippen molar-refractivity contribution in [1.82, 2.24) is 9.47 Å². The molecule has 0 amide bonds. The Morgan fingerprint density at radius 2 is 1.88 bits per heavy atom. The van der Waals surface area contributed by atoms with Gasteiger partial charge in [-0.3, -0.25) is 4.79 Å². The van der Waals surface area contributed by atoms with Gasteiger partial charge in [0.2, 0.25) is 0 Å².